The van der Waals surface area contributed by atoms with Crippen molar-refractivity contribution in [2.45, 2.75) is 42.0 Å². The number of rotatable bonds is 5. The van der Waals surface area contributed by atoms with Gasteiger partial charge in [-0.05, 0) is 43.2 Å². The molecule has 0 spiro atoms. The smallest absolute Gasteiger partial charge is 0.253 e. The molecule has 1 aromatic carbocycles. The van der Waals surface area contributed by atoms with Gasteiger partial charge in [0.05, 0.1) is 25.0 Å². The average Bonchev–Trinajstić information content (AvgIpc) is 3.55. The minimum Gasteiger partial charge on any atom is -0.504 e. The number of likely N-dealkylation sites (tertiary alicyclic amines) is 2. The quantitative estimate of drug-likeness (QED) is 0.321. The van der Waals surface area contributed by atoms with Gasteiger partial charge in [-0.25, -0.2) is 0 Å². The van der Waals surface area contributed by atoms with Gasteiger partial charge in [-0.1, -0.05) is 29.8 Å². The van der Waals surface area contributed by atoms with Gasteiger partial charge >= 0.3 is 0 Å². The Hall–Kier alpha value is -2.88. The van der Waals surface area contributed by atoms with Crippen LogP contribution < -0.4 is 4.74 Å². The number of allylic oxidation sites excluding steroid dienone is 2. The molecular formula is C28H26Cl2N2O6S. The molecule has 1 aromatic heterocycles. The maximum absolute atomic E-state index is 13.8. The van der Waals surface area contributed by atoms with Crippen molar-refractivity contribution in [3.63, 3.8) is 0 Å². The molecule has 3 fully saturated rings. The first-order valence-electron chi connectivity index (χ1n) is 12.8. The van der Waals surface area contributed by atoms with Gasteiger partial charge in [0, 0.05) is 23.4 Å². The molecule has 2 aliphatic carbocycles. The number of amides is 4. The number of phenols is 1. The Kier molecular flexibility index (Phi) is 6.13. The predicted octanol–water partition coefficient (Wildman–Crippen LogP) is 4.04. The number of alkyl halides is 2. The highest BCUT2D eigenvalue weighted by Gasteiger charge is 2.76. The van der Waals surface area contributed by atoms with Gasteiger partial charge in [0.1, 0.15) is 0 Å². The summed E-state index contributed by atoms with van der Waals surface area (Å²) in [7, 11) is 1.33. The fourth-order valence-corrected chi connectivity index (χ4v) is 8.62. The Labute approximate surface area is 239 Å². The van der Waals surface area contributed by atoms with E-state index in [4.69, 9.17) is 27.9 Å². The highest BCUT2D eigenvalue weighted by molar-refractivity contribution is 7.09. The summed E-state index contributed by atoms with van der Waals surface area (Å²) in [4.78, 5) is 53.7. The number of carbonyl (C=O) groups excluding carboxylic acids is 4. The van der Waals surface area contributed by atoms with Crippen LogP contribution in [0.25, 0.3) is 0 Å². The largest absolute Gasteiger partial charge is 0.504 e. The topological polar surface area (TPSA) is 104 Å². The van der Waals surface area contributed by atoms with Crippen LogP contribution in [0.15, 0.2) is 47.4 Å². The van der Waals surface area contributed by atoms with E-state index in [1.807, 2.05) is 23.6 Å². The van der Waals surface area contributed by atoms with Crippen molar-refractivity contribution in [1.82, 2.24) is 9.80 Å². The van der Waals surface area contributed by atoms with Crippen LogP contribution in [0.4, 0.5) is 0 Å². The second kappa shape index (κ2) is 9.08. The minimum absolute atomic E-state index is 0.0890. The maximum Gasteiger partial charge on any atom is 0.253 e. The van der Waals surface area contributed by atoms with Crippen LogP contribution in [0.3, 0.4) is 0 Å². The molecule has 11 heteroatoms. The molecule has 6 unspecified atom stereocenters. The van der Waals surface area contributed by atoms with Crippen LogP contribution in [0.5, 0.6) is 11.5 Å². The molecule has 1 saturated carbocycles. The molecule has 6 rings (SSSR count). The lowest BCUT2D eigenvalue weighted by molar-refractivity contribution is -0.141. The first-order valence-corrected chi connectivity index (χ1v) is 14.4. The highest BCUT2D eigenvalue weighted by Crippen LogP contribution is 2.66. The number of aromatic hydroxyl groups is 1. The monoisotopic (exact) mass is 588 g/mol. The van der Waals surface area contributed by atoms with Crippen LogP contribution in [-0.4, -0.2) is 61.9 Å². The number of carbonyl (C=O) groups is 4. The fourth-order valence-electron chi connectivity index (χ4n) is 6.91. The molecule has 3 heterocycles. The number of hydrogen-bond donors (Lipinski definition) is 1. The van der Waals surface area contributed by atoms with Crippen LogP contribution in [0, 0.1) is 17.8 Å². The molecule has 2 aromatic rings. The van der Waals surface area contributed by atoms with E-state index in [2.05, 4.69) is 0 Å². The number of halogens is 2. The number of thiophene rings is 1. The molecule has 1 N–H and O–H groups in total. The number of imide groups is 2. The second-order valence-corrected chi connectivity index (χ2v) is 12.7. The summed E-state index contributed by atoms with van der Waals surface area (Å²) in [6.45, 7) is 2.24. The summed E-state index contributed by atoms with van der Waals surface area (Å²) < 4.78 is 5.59. The standard InChI is InChI=1S/C28H26Cl2N2O6S/c1-3-38-19-8-4-7-17(22(19)33)21-15-9-10-16-20(24(35)32(23(16)34)13-14-6-5-11-39-14)18(15)12-27(29)25(36)31(2)26(37)28(21,27)30/h4-9,11,16,18,20-21,33H,3,10,12-13H2,1-2H3. The Balaban J connectivity index is 1.51. The molecule has 8 nitrogen and oxygen atoms in total. The van der Waals surface area contributed by atoms with Gasteiger partial charge in [0.15, 0.2) is 21.2 Å². The highest BCUT2D eigenvalue weighted by atomic mass is 35.5. The number of benzene rings is 1. The summed E-state index contributed by atoms with van der Waals surface area (Å²) in [6.07, 6.45) is 2.03. The van der Waals surface area contributed by atoms with Crippen molar-refractivity contribution in [3.05, 3.63) is 57.8 Å². The zero-order valence-corrected chi connectivity index (χ0v) is 23.6. The van der Waals surface area contributed by atoms with Crippen molar-refractivity contribution in [1.29, 1.82) is 0 Å². The second-order valence-electron chi connectivity index (χ2n) is 10.5. The van der Waals surface area contributed by atoms with E-state index >= 15 is 0 Å². The molecule has 2 saturated heterocycles. The molecule has 6 atom stereocenters. The Morgan fingerprint density at radius 2 is 1.85 bits per heavy atom. The zero-order chi connectivity index (χ0) is 27.9. The van der Waals surface area contributed by atoms with E-state index in [9.17, 15) is 24.3 Å². The Morgan fingerprint density at radius 3 is 2.54 bits per heavy atom. The first-order chi connectivity index (χ1) is 18.6. The van der Waals surface area contributed by atoms with Crippen LogP contribution >= 0.6 is 34.5 Å². The van der Waals surface area contributed by atoms with E-state index in [1.165, 1.54) is 23.3 Å². The fraction of sp³-hybridized carbons (Fsp3) is 0.429. The lowest BCUT2D eigenvalue weighted by atomic mass is 9.56. The van der Waals surface area contributed by atoms with Gasteiger partial charge in [-0.15, -0.1) is 34.5 Å². The van der Waals surface area contributed by atoms with Crippen LogP contribution in [0.2, 0.25) is 0 Å². The van der Waals surface area contributed by atoms with Gasteiger partial charge in [0.25, 0.3) is 11.8 Å². The summed E-state index contributed by atoms with van der Waals surface area (Å²) in [6, 6.07) is 8.63. The normalized spacial score (nSPS) is 33.7. The van der Waals surface area contributed by atoms with E-state index in [0.29, 0.717) is 12.2 Å². The van der Waals surface area contributed by atoms with E-state index in [-0.39, 0.29) is 48.3 Å². The molecule has 4 aliphatic rings. The third-order valence-corrected chi connectivity index (χ3v) is 10.9. The van der Waals surface area contributed by atoms with Crippen molar-refractivity contribution in [3.8, 4) is 11.5 Å². The minimum atomic E-state index is -1.96. The molecular weight excluding hydrogens is 563 g/mol. The van der Waals surface area contributed by atoms with Crippen molar-refractivity contribution in [2.24, 2.45) is 17.8 Å². The molecule has 0 bridgehead atoms. The SMILES string of the molecule is CCOc1cccc(C2C3=CCC4C(=O)N(Cc5cccs5)C(=O)C4C3CC3(Cl)C(=O)N(C)C(=O)C23Cl)c1O. The lowest BCUT2D eigenvalue weighted by Crippen LogP contribution is -2.60. The van der Waals surface area contributed by atoms with Crippen molar-refractivity contribution in [2.75, 3.05) is 13.7 Å². The van der Waals surface area contributed by atoms with Crippen molar-refractivity contribution < 1.29 is 29.0 Å². The number of fused-ring (bicyclic) bond motifs is 4. The lowest BCUT2D eigenvalue weighted by Gasteiger charge is -2.50. The number of nitrogens with zero attached hydrogens (tertiary/aromatic N) is 2. The van der Waals surface area contributed by atoms with Gasteiger partial charge in [-0.3, -0.25) is 29.0 Å². The van der Waals surface area contributed by atoms with E-state index in [1.54, 1.807) is 25.1 Å². The Bertz CT molecular complexity index is 1440. The zero-order valence-electron chi connectivity index (χ0n) is 21.2. The van der Waals surface area contributed by atoms with Crippen LogP contribution in [-0.2, 0) is 25.7 Å². The molecule has 4 amide bonds. The third-order valence-electron chi connectivity index (χ3n) is 8.64. The number of para-hydroxylation sites is 1. The van der Waals surface area contributed by atoms with Crippen molar-refractivity contribution >= 4 is 58.2 Å². The summed E-state index contributed by atoms with van der Waals surface area (Å²) >= 11 is 15.8. The van der Waals surface area contributed by atoms with Gasteiger partial charge in [0.2, 0.25) is 11.8 Å². The number of hydrogen-bond acceptors (Lipinski definition) is 7. The molecule has 0 radical (unpaired) electrons. The summed E-state index contributed by atoms with van der Waals surface area (Å²) in [5, 5.41) is 13.2. The van der Waals surface area contributed by atoms with Gasteiger partial charge in [-0.2, -0.15) is 0 Å². The molecule has 2 aliphatic heterocycles. The van der Waals surface area contributed by atoms with Gasteiger partial charge < -0.3 is 9.84 Å². The Morgan fingerprint density at radius 1 is 1.08 bits per heavy atom. The summed E-state index contributed by atoms with van der Waals surface area (Å²) in [5.41, 5.74) is 0.904. The van der Waals surface area contributed by atoms with Crippen LogP contribution in [0.1, 0.15) is 36.1 Å². The molecule has 39 heavy (non-hydrogen) atoms. The van der Waals surface area contributed by atoms with E-state index < -0.39 is 45.2 Å². The van der Waals surface area contributed by atoms with E-state index in [0.717, 1.165) is 9.78 Å². The number of phenolic OH excluding ortho intramolecular Hbond substituents is 1. The average molecular weight is 589 g/mol. The molecule has 204 valence electrons. The summed E-state index contributed by atoms with van der Waals surface area (Å²) in [5.74, 6) is -4.98. The third kappa shape index (κ3) is 3.42. The predicted molar refractivity (Wildman–Crippen MR) is 145 cm³/mol. The maximum atomic E-state index is 13.8. The first kappa shape index (κ1) is 26.3. The number of ether oxygens (including phenoxy) is 1.